The van der Waals surface area contributed by atoms with E-state index in [4.69, 9.17) is 16.3 Å². The zero-order chi connectivity index (χ0) is 12.0. The van der Waals surface area contributed by atoms with Gasteiger partial charge in [0.1, 0.15) is 0 Å². The normalized spacial score (nSPS) is 13.1. The first-order valence-electron chi connectivity index (χ1n) is 5.60. The Kier molecular flexibility index (Phi) is 5.74. The molecule has 0 aliphatic heterocycles. The third-order valence-corrected chi connectivity index (χ3v) is 2.38. The van der Waals surface area contributed by atoms with Crippen molar-refractivity contribution in [2.75, 3.05) is 13.2 Å². The summed E-state index contributed by atoms with van der Waals surface area (Å²) in [5.41, 5.74) is 0.965. The first-order chi connectivity index (χ1) is 7.63. The van der Waals surface area contributed by atoms with Crippen LogP contribution in [0.1, 0.15) is 32.5 Å². The van der Waals surface area contributed by atoms with Gasteiger partial charge in [0.15, 0.2) is 0 Å². The molecule has 1 unspecified atom stereocenters. The van der Waals surface area contributed by atoms with Crippen molar-refractivity contribution in [3.63, 3.8) is 0 Å². The number of rotatable bonds is 6. The molecule has 1 aromatic heterocycles. The molecular weight excluding hydrogens is 224 g/mol. The Morgan fingerprint density at radius 3 is 2.69 bits per heavy atom. The number of nitrogens with zero attached hydrogens (tertiary/aromatic N) is 1. The summed E-state index contributed by atoms with van der Waals surface area (Å²) in [4.78, 5) is 4.30. The van der Waals surface area contributed by atoms with Gasteiger partial charge >= 0.3 is 0 Å². The average Bonchev–Trinajstić information content (AvgIpc) is 2.25. The highest BCUT2D eigenvalue weighted by molar-refractivity contribution is 6.30. The lowest BCUT2D eigenvalue weighted by atomic mass is 10.2. The van der Waals surface area contributed by atoms with E-state index in [1.807, 2.05) is 26.0 Å². The van der Waals surface area contributed by atoms with Crippen LogP contribution in [-0.4, -0.2) is 24.2 Å². The Balaban J connectivity index is 2.64. The van der Waals surface area contributed by atoms with Crippen molar-refractivity contribution in [1.29, 1.82) is 0 Å². The van der Waals surface area contributed by atoms with Gasteiger partial charge in [-0.25, -0.2) is 0 Å². The zero-order valence-corrected chi connectivity index (χ0v) is 10.8. The van der Waals surface area contributed by atoms with Crippen LogP contribution in [0.5, 0.6) is 0 Å². The van der Waals surface area contributed by atoms with Crippen LogP contribution in [0.2, 0.25) is 5.02 Å². The highest BCUT2D eigenvalue weighted by Crippen LogP contribution is 2.14. The van der Waals surface area contributed by atoms with Gasteiger partial charge in [-0.1, -0.05) is 18.5 Å². The number of aromatic nitrogens is 1. The fraction of sp³-hybridized carbons (Fsp3) is 0.583. The summed E-state index contributed by atoms with van der Waals surface area (Å²) in [5.74, 6) is 0. The van der Waals surface area contributed by atoms with Crippen LogP contribution >= 0.6 is 11.6 Å². The van der Waals surface area contributed by atoms with Gasteiger partial charge in [-0.05, 0) is 32.5 Å². The van der Waals surface area contributed by atoms with E-state index in [-0.39, 0.29) is 12.1 Å². The lowest BCUT2D eigenvalue weighted by molar-refractivity contribution is 0.0606. The molecule has 0 amide bonds. The number of ether oxygens (including phenoxy) is 1. The molecule has 0 aliphatic rings. The number of halogens is 1. The predicted octanol–water partition coefficient (Wildman–Crippen LogP) is 2.81. The SMILES string of the molecule is CCNC(COC(C)C)c1ccc(Cl)cn1. The van der Waals surface area contributed by atoms with Crippen molar-refractivity contribution in [3.8, 4) is 0 Å². The van der Waals surface area contributed by atoms with Gasteiger partial charge < -0.3 is 10.1 Å². The molecule has 1 N–H and O–H groups in total. The van der Waals surface area contributed by atoms with Crippen molar-refractivity contribution in [2.24, 2.45) is 0 Å². The van der Waals surface area contributed by atoms with Crippen molar-refractivity contribution >= 4 is 11.6 Å². The molecule has 0 radical (unpaired) electrons. The molecule has 4 heteroatoms. The Morgan fingerprint density at radius 2 is 2.19 bits per heavy atom. The average molecular weight is 243 g/mol. The summed E-state index contributed by atoms with van der Waals surface area (Å²) in [6.45, 7) is 7.63. The highest BCUT2D eigenvalue weighted by Gasteiger charge is 2.12. The van der Waals surface area contributed by atoms with Crippen LogP contribution in [-0.2, 0) is 4.74 Å². The lowest BCUT2D eigenvalue weighted by Gasteiger charge is -2.19. The Morgan fingerprint density at radius 1 is 1.44 bits per heavy atom. The van der Waals surface area contributed by atoms with Crippen molar-refractivity contribution in [3.05, 3.63) is 29.0 Å². The maximum Gasteiger partial charge on any atom is 0.0732 e. The van der Waals surface area contributed by atoms with Crippen LogP contribution in [0.25, 0.3) is 0 Å². The summed E-state index contributed by atoms with van der Waals surface area (Å²) in [5, 5.41) is 4.00. The monoisotopic (exact) mass is 242 g/mol. The fourth-order valence-corrected chi connectivity index (χ4v) is 1.49. The second-order valence-corrected chi connectivity index (χ2v) is 4.33. The summed E-state index contributed by atoms with van der Waals surface area (Å²) in [6, 6.07) is 3.91. The van der Waals surface area contributed by atoms with Gasteiger partial charge in [-0.15, -0.1) is 0 Å². The largest absolute Gasteiger partial charge is 0.377 e. The zero-order valence-electron chi connectivity index (χ0n) is 10.0. The Bertz CT molecular complexity index is 300. The quantitative estimate of drug-likeness (QED) is 0.833. The van der Waals surface area contributed by atoms with E-state index < -0.39 is 0 Å². The second kappa shape index (κ2) is 6.84. The molecular formula is C12H19ClN2O. The van der Waals surface area contributed by atoms with E-state index in [0.717, 1.165) is 12.2 Å². The summed E-state index contributed by atoms with van der Waals surface area (Å²) in [7, 11) is 0. The van der Waals surface area contributed by atoms with Gasteiger partial charge in [-0.3, -0.25) is 4.98 Å². The Labute approximate surface area is 102 Å². The molecule has 90 valence electrons. The first kappa shape index (κ1) is 13.4. The molecule has 1 rings (SSSR count). The maximum atomic E-state index is 5.81. The molecule has 0 saturated carbocycles. The molecule has 0 saturated heterocycles. The smallest absolute Gasteiger partial charge is 0.0732 e. The lowest BCUT2D eigenvalue weighted by Crippen LogP contribution is -2.27. The van der Waals surface area contributed by atoms with Gasteiger partial charge in [0.05, 0.1) is 29.5 Å². The minimum atomic E-state index is 0.129. The highest BCUT2D eigenvalue weighted by atomic mass is 35.5. The fourth-order valence-electron chi connectivity index (χ4n) is 1.38. The molecule has 0 aliphatic carbocycles. The van der Waals surface area contributed by atoms with E-state index in [2.05, 4.69) is 17.2 Å². The van der Waals surface area contributed by atoms with Crippen LogP contribution < -0.4 is 5.32 Å². The summed E-state index contributed by atoms with van der Waals surface area (Å²) < 4.78 is 5.61. The Hall–Kier alpha value is -0.640. The van der Waals surface area contributed by atoms with Crippen LogP contribution in [0.4, 0.5) is 0 Å². The van der Waals surface area contributed by atoms with E-state index in [9.17, 15) is 0 Å². The van der Waals surface area contributed by atoms with Gasteiger partial charge in [0, 0.05) is 6.20 Å². The van der Waals surface area contributed by atoms with Crippen LogP contribution in [0, 0.1) is 0 Å². The number of likely N-dealkylation sites (N-methyl/N-ethyl adjacent to an activating group) is 1. The van der Waals surface area contributed by atoms with E-state index in [0.29, 0.717) is 11.6 Å². The van der Waals surface area contributed by atoms with Crippen molar-refractivity contribution in [1.82, 2.24) is 10.3 Å². The standard InChI is InChI=1S/C12H19ClN2O/c1-4-14-12(8-16-9(2)3)11-6-5-10(13)7-15-11/h5-7,9,12,14H,4,8H2,1-3H3. The van der Waals surface area contributed by atoms with Gasteiger partial charge in [0.2, 0.25) is 0 Å². The van der Waals surface area contributed by atoms with Crippen molar-refractivity contribution < 1.29 is 4.74 Å². The minimum Gasteiger partial charge on any atom is -0.377 e. The van der Waals surface area contributed by atoms with E-state index in [1.165, 1.54) is 0 Å². The number of hydrogen-bond donors (Lipinski definition) is 1. The molecule has 1 heterocycles. The molecule has 0 fully saturated rings. The molecule has 0 spiro atoms. The van der Waals surface area contributed by atoms with Crippen LogP contribution in [0.15, 0.2) is 18.3 Å². The number of hydrogen-bond acceptors (Lipinski definition) is 3. The van der Waals surface area contributed by atoms with Crippen LogP contribution in [0.3, 0.4) is 0 Å². The molecule has 3 nitrogen and oxygen atoms in total. The predicted molar refractivity (Wildman–Crippen MR) is 66.8 cm³/mol. The maximum absolute atomic E-state index is 5.81. The second-order valence-electron chi connectivity index (χ2n) is 3.89. The summed E-state index contributed by atoms with van der Waals surface area (Å²) in [6.07, 6.45) is 1.89. The molecule has 0 bridgehead atoms. The third-order valence-electron chi connectivity index (χ3n) is 2.15. The van der Waals surface area contributed by atoms with E-state index >= 15 is 0 Å². The first-order valence-corrected chi connectivity index (χ1v) is 5.97. The molecule has 1 atom stereocenters. The summed E-state index contributed by atoms with van der Waals surface area (Å²) >= 11 is 5.81. The topological polar surface area (TPSA) is 34.1 Å². The van der Waals surface area contributed by atoms with E-state index in [1.54, 1.807) is 6.20 Å². The number of nitrogens with one attached hydrogen (secondary N) is 1. The molecule has 16 heavy (non-hydrogen) atoms. The minimum absolute atomic E-state index is 0.129. The molecule has 0 aromatic carbocycles. The van der Waals surface area contributed by atoms with Gasteiger partial charge in [-0.2, -0.15) is 0 Å². The van der Waals surface area contributed by atoms with Gasteiger partial charge in [0.25, 0.3) is 0 Å². The van der Waals surface area contributed by atoms with Crippen molar-refractivity contribution in [2.45, 2.75) is 32.9 Å². The number of pyridine rings is 1. The third kappa shape index (κ3) is 4.47. The molecule has 1 aromatic rings.